The number of nitrogens with zero attached hydrogens (tertiary/aromatic N) is 3. The van der Waals surface area contributed by atoms with Gasteiger partial charge in [0.25, 0.3) is 0 Å². The molecule has 0 saturated heterocycles. The van der Waals surface area contributed by atoms with E-state index in [0.29, 0.717) is 16.5 Å². The fraction of sp³-hybridized carbons (Fsp3) is 0.250. The Hall–Kier alpha value is -1.29. The average molecular weight is 197 g/mol. The maximum absolute atomic E-state index is 6.06. The number of rotatable bonds is 1. The van der Waals surface area contributed by atoms with E-state index in [2.05, 4.69) is 15.1 Å². The van der Waals surface area contributed by atoms with E-state index in [1.807, 2.05) is 14.0 Å². The van der Waals surface area contributed by atoms with Gasteiger partial charge in [-0.2, -0.15) is 5.10 Å². The molecule has 0 radical (unpaired) electrons. The van der Waals surface area contributed by atoms with Crippen LogP contribution in [0.25, 0.3) is 11.5 Å². The second-order valence-corrected chi connectivity index (χ2v) is 3.19. The molecule has 0 bridgehead atoms. The van der Waals surface area contributed by atoms with Crippen LogP contribution in [0.2, 0.25) is 5.02 Å². The van der Waals surface area contributed by atoms with Gasteiger partial charge in [-0.05, 0) is 6.92 Å². The highest BCUT2D eigenvalue weighted by Gasteiger charge is 2.13. The first kappa shape index (κ1) is 8.31. The summed E-state index contributed by atoms with van der Waals surface area (Å²) in [6.07, 6.45) is 3.42. The SMILES string of the molecule is Cc1c(Cl)c(-c2ncc[nH]2)nn1C. The van der Waals surface area contributed by atoms with Crippen molar-refractivity contribution in [3.05, 3.63) is 23.1 Å². The zero-order valence-corrected chi connectivity index (χ0v) is 8.13. The number of nitrogens with one attached hydrogen (secondary N) is 1. The highest BCUT2D eigenvalue weighted by atomic mass is 35.5. The molecule has 0 atom stereocenters. The standard InChI is InChI=1S/C8H9ClN4/c1-5-6(9)7(12-13(5)2)8-10-3-4-11-8/h3-4H,1-2H3,(H,10,11). The molecule has 2 aromatic heterocycles. The predicted octanol–water partition coefficient (Wildman–Crippen LogP) is 1.77. The van der Waals surface area contributed by atoms with E-state index >= 15 is 0 Å². The van der Waals surface area contributed by atoms with Gasteiger partial charge in [-0.3, -0.25) is 4.68 Å². The quantitative estimate of drug-likeness (QED) is 0.756. The molecule has 2 rings (SSSR count). The Bertz CT molecular complexity index is 416. The minimum absolute atomic E-state index is 0.650. The molecule has 2 heterocycles. The lowest BCUT2D eigenvalue weighted by Gasteiger charge is -1.89. The third-order valence-electron chi connectivity index (χ3n) is 1.98. The lowest BCUT2D eigenvalue weighted by atomic mass is 10.3. The van der Waals surface area contributed by atoms with Gasteiger partial charge < -0.3 is 4.98 Å². The Labute approximate surface area is 80.6 Å². The Morgan fingerprint density at radius 1 is 1.54 bits per heavy atom. The second-order valence-electron chi connectivity index (χ2n) is 2.81. The molecule has 0 aromatic carbocycles. The van der Waals surface area contributed by atoms with Crippen LogP contribution < -0.4 is 0 Å². The second kappa shape index (κ2) is 2.88. The van der Waals surface area contributed by atoms with Crippen LogP contribution in [-0.4, -0.2) is 19.7 Å². The van der Waals surface area contributed by atoms with E-state index in [-0.39, 0.29) is 0 Å². The smallest absolute Gasteiger partial charge is 0.159 e. The van der Waals surface area contributed by atoms with Crippen LogP contribution >= 0.6 is 11.6 Å². The van der Waals surface area contributed by atoms with Gasteiger partial charge in [0, 0.05) is 19.4 Å². The number of hydrogen-bond donors (Lipinski definition) is 1. The first-order chi connectivity index (χ1) is 6.20. The van der Waals surface area contributed by atoms with Crippen molar-refractivity contribution in [3.8, 4) is 11.5 Å². The molecule has 68 valence electrons. The monoisotopic (exact) mass is 196 g/mol. The van der Waals surface area contributed by atoms with E-state index in [0.717, 1.165) is 5.69 Å². The molecule has 2 aromatic rings. The Balaban J connectivity index is 2.59. The number of aromatic nitrogens is 4. The van der Waals surface area contributed by atoms with E-state index in [1.165, 1.54) is 0 Å². The van der Waals surface area contributed by atoms with E-state index in [1.54, 1.807) is 17.1 Å². The number of H-pyrrole nitrogens is 1. The van der Waals surface area contributed by atoms with Gasteiger partial charge in [-0.1, -0.05) is 11.6 Å². The molecule has 0 unspecified atom stereocenters. The molecule has 5 heteroatoms. The highest BCUT2D eigenvalue weighted by molar-refractivity contribution is 6.33. The van der Waals surface area contributed by atoms with Gasteiger partial charge in [0.05, 0.1) is 10.7 Å². The van der Waals surface area contributed by atoms with Crippen molar-refractivity contribution in [1.29, 1.82) is 0 Å². The maximum Gasteiger partial charge on any atom is 0.159 e. The molecule has 0 aliphatic carbocycles. The number of aromatic amines is 1. The van der Waals surface area contributed by atoms with E-state index in [9.17, 15) is 0 Å². The van der Waals surface area contributed by atoms with Crippen LogP contribution in [0.3, 0.4) is 0 Å². The summed E-state index contributed by atoms with van der Waals surface area (Å²) in [6.45, 7) is 1.92. The van der Waals surface area contributed by atoms with Gasteiger partial charge in [0.15, 0.2) is 5.82 Å². The highest BCUT2D eigenvalue weighted by Crippen LogP contribution is 2.26. The van der Waals surface area contributed by atoms with Gasteiger partial charge in [0.1, 0.15) is 5.69 Å². The Morgan fingerprint density at radius 2 is 2.31 bits per heavy atom. The molecule has 0 amide bonds. The molecule has 0 saturated carbocycles. The molecule has 1 N–H and O–H groups in total. The van der Waals surface area contributed by atoms with Crippen molar-refractivity contribution >= 4 is 11.6 Å². The predicted molar refractivity (Wildman–Crippen MR) is 50.5 cm³/mol. The first-order valence-electron chi connectivity index (χ1n) is 3.89. The largest absolute Gasteiger partial charge is 0.343 e. The van der Waals surface area contributed by atoms with Gasteiger partial charge >= 0.3 is 0 Å². The van der Waals surface area contributed by atoms with Gasteiger partial charge in [-0.15, -0.1) is 0 Å². The fourth-order valence-corrected chi connectivity index (χ4v) is 1.38. The zero-order valence-electron chi connectivity index (χ0n) is 7.37. The number of aryl methyl sites for hydroxylation is 1. The molecule has 0 aliphatic heterocycles. The van der Waals surface area contributed by atoms with Crippen LogP contribution in [0.4, 0.5) is 0 Å². The van der Waals surface area contributed by atoms with Crippen LogP contribution in [0.15, 0.2) is 12.4 Å². The van der Waals surface area contributed by atoms with Crippen LogP contribution in [0.5, 0.6) is 0 Å². The summed E-state index contributed by atoms with van der Waals surface area (Å²) in [5.41, 5.74) is 1.64. The minimum Gasteiger partial charge on any atom is -0.343 e. The molecular formula is C8H9ClN4. The molecule has 4 nitrogen and oxygen atoms in total. The van der Waals surface area contributed by atoms with Crippen molar-refractivity contribution in [2.75, 3.05) is 0 Å². The third kappa shape index (κ3) is 1.23. The summed E-state index contributed by atoms with van der Waals surface area (Å²) in [7, 11) is 1.85. The lowest BCUT2D eigenvalue weighted by Crippen LogP contribution is -1.92. The number of halogens is 1. The number of hydrogen-bond acceptors (Lipinski definition) is 2. The van der Waals surface area contributed by atoms with E-state index in [4.69, 9.17) is 11.6 Å². The van der Waals surface area contributed by atoms with Crippen LogP contribution in [-0.2, 0) is 7.05 Å². The Kier molecular flexibility index (Phi) is 1.84. The maximum atomic E-state index is 6.06. The summed E-state index contributed by atoms with van der Waals surface area (Å²) in [4.78, 5) is 7.05. The molecule has 0 spiro atoms. The topological polar surface area (TPSA) is 46.5 Å². The molecule has 0 aliphatic rings. The summed E-state index contributed by atoms with van der Waals surface area (Å²) in [6, 6.07) is 0. The molecule has 13 heavy (non-hydrogen) atoms. The minimum atomic E-state index is 0.650. The summed E-state index contributed by atoms with van der Waals surface area (Å²) >= 11 is 6.06. The molecule has 0 fully saturated rings. The summed E-state index contributed by atoms with van der Waals surface area (Å²) < 4.78 is 1.74. The van der Waals surface area contributed by atoms with Crippen LogP contribution in [0.1, 0.15) is 5.69 Å². The first-order valence-corrected chi connectivity index (χ1v) is 4.27. The van der Waals surface area contributed by atoms with Crippen molar-refractivity contribution in [1.82, 2.24) is 19.7 Å². The summed E-state index contributed by atoms with van der Waals surface area (Å²) in [5, 5.41) is 4.89. The molecular weight excluding hydrogens is 188 g/mol. The van der Waals surface area contributed by atoms with Crippen molar-refractivity contribution in [2.45, 2.75) is 6.92 Å². The Morgan fingerprint density at radius 3 is 2.77 bits per heavy atom. The summed E-state index contributed by atoms with van der Waals surface area (Å²) in [5.74, 6) is 0.703. The number of imidazole rings is 1. The van der Waals surface area contributed by atoms with Crippen molar-refractivity contribution in [2.24, 2.45) is 7.05 Å². The normalized spacial score (nSPS) is 10.7. The van der Waals surface area contributed by atoms with Gasteiger partial charge in [-0.25, -0.2) is 4.98 Å². The average Bonchev–Trinajstić information content (AvgIpc) is 2.70. The van der Waals surface area contributed by atoms with Crippen molar-refractivity contribution < 1.29 is 0 Å². The van der Waals surface area contributed by atoms with Gasteiger partial charge in [0.2, 0.25) is 0 Å². The fourth-order valence-electron chi connectivity index (χ4n) is 1.13. The van der Waals surface area contributed by atoms with Crippen LogP contribution in [0, 0.1) is 6.92 Å². The van der Waals surface area contributed by atoms with E-state index < -0.39 is 0 Å². The third-order valence-corrected chi connectivity index (χ3v) is 2.44. The zero-order chi connectivity index (χ0) is 9.42. The van der Waals surface area contributed by atoms with Crippen molar-refractivity contribution in [3.63, 3.8) is 0 Å². The lowest BCUT2D eigenvalue weighted by molar-refractivity contribution is 0.741.